The lowest BCUT2D eigenvalue weighted by atomic mass is 10.3. The molecule has 6 heteroatoms. The monoisotopic (exact) mass is 257 g/mol. The summed E-state index contributed by atoms with van der Waals surface area (Å²) in [5.74, 6) is 0. The number of anilines is 1. The van der Waals surface area contributed by atoms with Crippen LogP contribution in [0.25, 0.3) is 0 Å². The average Bonchev–Trinajstić information content (AvgIpc) is 2.10. The van der Waals surface area contributed by atoms with Crippen molar-refractivity contribution in [2.45, 2.75) is 12.6 Å². The Bertz CT molecular complexity index is 339. The van der Waals surface area contributed by atoms with Gasteiger partial charge in [0.25, 0.3) is 0 Å². The molecule has 0 atom stereocenters. The van der Waals surface area contributed by atoms with E-state index in [0.717, 1.165) is 0 Å². The first-order chi connectivity index (χ1) is 6.90. The predicted molar refractivity (Wildman–Crippen MR) is 55.6 cm³/mol. The van der Waals surface area contributed by atoms with Crippen LogP contribution in [0.5, 0.6) is 0 Å². The number of rotatable bonds is 3. The molecule has 1 nitrogen and oxygen atoms in total. The van der Waals surface area contributed by atoms with Crippen LogP contribution in [-0.4, -0.2) is 12.7 Å². The van der Waals surface area contributed by atoms with Crippen LogP contribution < -0.4 is 5.32 Å². The van der Waals surface area contributed by atoms with Crippen LogP contribution in [-0.2, 0) is 0 Å². The summed E-state index contributed by atoms with van der Waals surface area (Å²) in [5.41, 5.74) is 0.411. The van der Waals surface area contributed by atoms with Gasteiger partial charge in [-0.2, -0.15) is 13.2 Å². The highest BCUT2D eigenvalue weighted by Crippen LogP contribution is 2.30. The zero-order valence-electron chi connectivity index (χ0n) is 7.54. The van der Waals surface area contributed by atoms with Gasteiger partial charge in [0.05, 0.1) is 22.2 Å². The van der Waals surface area contributed by atoms with Crippen molar-refractivity contribution in [3.8, 4) is 0 Å². The topological polar surface area (TPSA) is 12.0 Å². The standard InChI is InChI=1S/C9H8Cl2F3N/c10-6-2-1-3-7(8(6)11)15-5-4-9(12,13)14/h1-3,15H,4-5H2. The molecule has 1 aromatic carbocycles. The Labute approximate surface area is 95.2 Å². The van der Waals surface area contributed by atoms with Crippen LogP contribution >= 0.6 is 23.2 Å². The van der Waals surface area contributed by atoms with Gasteiger partial charge in [-0.25, -0.2) is 0 Å². The summed E-state index contributed by atoms with van der Waals surface area (Å²) in [4.78, 5) is 0. The highest BCUT2D eigenvalue weighted by molar-refractivity contribution is 6.43. The van der Waals surface area contributed by atoms with Gasteiger partial charge in [-0.1, -0.05) is 29.3 Å². The fourth-order valence-corrected chi connectivity index (χ4v) is 1.35. The van der Waals surface area contributed by atoms with Crippen molar-refractivity contribution >= 4 is 28.9 Å². The summed E-state index contributed by atoms with van der Waals surface area (Å²) in [6.45, 7) is -0.219. The number of hydrogen-bond donors (Lipinski definition) is 1. The van der Waals surface area contributed by atoms with E-state index in [9.17, 15) is 13.2 Å². The summed E-state index contributed by atoms with van der Waals surface area (Å²) < 4.78 is 35.5. The minimum Gasteiger partial charge on any atom is -0.383 e. The van der Waals surface area contributed by atoms with Crippen molar-refractivity contribution in [2.75, 3.05) is 11.9 Å². The van der Waals surface area contributed by atoms with Gasteiger partial charge < -0.3 is 5.32 Å². The van der Waals surface area contributed by atoms with Gasteiger partial charge >= 0.3 is 6.18 Å². The van der Waals surface area contributed by atoms with Gasteiger partial charge in [-0.05, 0) is 12.1 Å². The highest BCUT2D eigenvalue weighted by Gasteiger charge is 2.26. The Morgan fingerprint density at radius 2 is 1.87 bits per heavy atom. The fraction of sp³-hybridized carbons (Fsp3) is 0.333. The molecule has 0 bridgehead atoms. The number of hydrogen-bond acceptors (Lipinski definition) is 1. The second kappa shape index (κ2) is 4.94. The molecular formula is C9H8Cl2F3N. The maximum atomic E-state index is 11.8. The van der Waals surface area contributed by atoms with Gasteiger partial charge in [0, 0.05) is 6.54 Å². The van der Waals surface area contributed by atoms with Crippen molar-refractivity contribution in [1.29, 1.82) is 0 Å². The minimum atomic E-state index is -4.17. The van der Waals surface area contributed by atoms with E-state index in [1.54, 1.807) is 18.2 Å². The van der Waals surface area contributed by atoms with E-state index in [0.29, 0.717) is 10.7 Å². The molecule has 1 aromatic rings. The summed E-state index contributed by atoms with van der Waals surface area (Å²) >= 11 is 11.5. The summed E-state index contributed by atoms with van der Waals surface area (Å²) in [7, 11) is 0. The molecule has 0 radical (unpaired) electrons. The van der Waals surface area contributed by atoms with E-state index < -0.39 is 12.6 Å². The molecule has 0 unspecified atom stereocenters. The van der Waals surface area contributed by atoms with Crippen molar-refractivity contribution in [3.05, 3.63) is 28.2 Å². The second-order valence-electron chi connectivity index (χ2n) is 2.89. The molecule has 0 aliphatic carbocycles. The molecule has 0 amide bonds. The van der Waals surface area contributed by atoms with Crippen LogP contribution in [0.3, 0.4) is 0 Å². The molecule has 0 saturated heterocycles. The molecule has 0 aliphatic heterocycles. The molecule has 84 valence electrons. The maximum Gasteiger partial charge on any atom is 0.390 e. The van der Waals surface area contributed by atoms with E-state index in [2.05, 4.69) is 5.32 Å². The van der Waals surface area contributed by atoms with Gasteiger partial charge in [-0.15, -0.1) is 0 Å². The van der Waals surface area contributed by atoms with Crippen molar-refractivity contribution in [1.82, 2.24) is 0 Å². The third-order valence-electron chi connectivity index (χ3n) is 1.68. The Kier molecular flexibility index (Phi) is 4.11. The number of alkyl halides is 3. The molecule has 0 saturated carbocycles. The zero-order valence-corrected chi connectivity index (χ0v) is 9.05. The molecule has 1 rings (SSSR count). The molecule has 1 N–H and O–H groups in total. The lowest BCUT2D eigenvalue weighted by molar-refractivity contribution is -0.131. The quantitative estimate of drug-likeness (QED) is 0.849. The van der Waals surface area contributed by atoms with Crippen LogP contribution in [0.15, 0.2) is 18.2 Å². The first-order valence-electron chi connectivity index (χ1n) is 4.15. The summed E-state index contributed by atoms with van der Waals surface area (Å²) in [6.07, 6.45) is -5.08. The molecule has 0 spiro atoms. The summed E-state index contributed by atoms with van der Waals surface area (Å²) in [5, 5.41) is 3.12. The molecule has 0 fully saturated rings. The number of nitrogens with one attached hydrogen (secondary N) is 1. The first-order valence-corrected chi connectivity index (χ1v) is 4.90. The Morgan fingerprint density at radius 3 is 2.47 bits per heavy atom. The Morgan fingerprint density at radius 1 is 1.20 bits per heavy atom. The SMILES string of the molecule is FC(F)(F)CCNc1cccc(Cl)c1Cl. The van der Waals surface area contributed by atoms with Gasteiger partial charge in [0.1, 0.15) is 0 Å². The number of halogens is 5. The van der Waals surface area contributed by atoms with E-state index in [-0.39, 0.29) is 11.6 Å². The second-order valence-corrected chi connectivity index (χ2v) is 3.68. The lowest BCUT2D eigenvalue weighted by Crippen LogP contribution is -2.14. The molecule has 0 aromatic heterocycles. The maximum absolute atomic E-state index is 11.8. The molecular weight excluding hydrogens is 250 g/mol. The van der Waals surface area contributed by atoms with Crippen LogP contribution in [0, 0.1) is 0 Å². The predicted octanol–water partition coefficient (Wildman–Crippen LogP) is 4.36. The van der Waals surface area contributed by atoms with Gasteiger partial charge in [-0.3, -0.25) is 0 Å². The average molecular weight is 258 g/mol. The zero-order chi connectivity index (χ0) is 11.5. The number of benzene rings is 1. The largest absolute Gasteiger partial charge is 0.390 e. The van der Waals surface area contributed by atoms with Crippen LogP contribution in [0.4, 0.5) is 18.9 Å². The Hall–Kier alpha value is -0.610. The lowest BCUT2D eigenvalue weighted by Gasteiger charge is -2.10. The van der Waals surface area contributed by atoms with E-state index in [1.165, 1.54) is 0 Å². The third kappa shape index (κ3) is 4.18. The van der Waals surface area contributed by atoms with Crippen LogP contribution in [0.2, 0.25) is 10.0 Å². The Balaban J connectivity index is 2.55. The first kappa shape index (κ1) is 12.5. The fourth-order valence-electron chi connectivity index (χ4n) is 0.979. The van der Waals surface area contributed by atoms with Crippen molar-refractivity contribution < 1.29 is 13.2 Å². The third-order valence-corrected chi connectivity index (χ3v) is 2.49. The molecule has 0 heterocycles. The molecule has 0 aliphatic rings. The minimum absolute atomic E-state index is 0.219. The molecule has 15 heavy (non-hydrogen) atoms. The van der Waals surface area contributed by atoms with Gasteiger partial charge in [0.2, 0.25) is 0 Å². The van der Waals surface area contributed by atoms with E-state index in [4.69, 9.17) is 23.2 Å². The smallest absolute Gasteiger partial charge is 0.383 e. The van der Waals surface area contributed by atoms with E-state index >= 15 is 0 Å². The summed E-state index contributed by atoms with van der Waals surface area (Å²) in [6, 6.07) is 4.76. The van der Waals surface area contributed by atoms with Crippen molar-refractivity contribution in [2.24, 2.45) is 0 Å². The van der Waals surface area contributed by atoms with Gasteiger partial charge in [0.15, 0.2) is 0 Å². The normalized spacial score (nSPS) is 11.5. The van der Waals surface area contributed by atoms with Crippen molar-refractivity contribution in [3.63, 3.8) is 0 Å². The highest BCUT2D eigenvalue weighted by atomic mass is 35.5. The van der Waals surface area contributed by atoms with E-state index in [1.807, 2.05) is 0 Å². The van der Waals surface area contributed by atoms with Crippen LogP contribution in [0.1, 0.15) is 6.42 Å².